The summed E-state index contributed by atoms with van der Waals surface area (Å²) in [4.78, 5) is 35.8. The number of Topliss-reactive ketones (excluding diaryl/α,β-unsaturated/α-hetero) is 2. The fourth-order valence-corrected chi connectivity index (χ4v) is 2.10. The molecule has 0 unspecified atom stereocenters. The van der Waals surface area contributed by atoms with Crippen molar-refractivity contribution >= 4 is 17.5 Å². The first-order chi connectivity index (χ1) is 10.3. The Morgan fingerprint density at radius 2 is 1.86 bits per heavy atom. The van der Waals surface area contributed by atoms with E-state index in [2.05, 4.69) is 5.32 Å². The van der Waals surface area contributed by atoms with E-state index in [4.69, 9.17) is 10.5 Å². The summed E-state index contributed by atoms with van der Waals surface area (Å²) in [7, 11) is 1.49. The van der Waals surface area contributed by atoms with Gasteiger partial charge in [0, 0.05) is 5.56 Å². The Morgan fingerprint density at radius 3 is 2.32 bits per heavy atom. The Kier molecular flexibility index (Phi) is 6.24. The lowest BCUT2D eigenvalue weighted by Gasteiger charge is -2.24. The van der Waals surface area contributed by atoms with E-state index < -0.39 is 23.8 Å². The summed E-state index contributed by atoms with van der Waals surface area (Å²) in [5.74, 6) is -1.02. The van der Waals surface area contributed by atoms with E-state index in [1.54, 1.807) is 38.1 Å². The van der Waals surface area contributed by atoms with Crippen LogP contribution in [-0.2, 0) is 9.59 Å². The second kappa shape index (κ2) is 7.70. The number of carbonyl (C=O) groups excluding carboxylic acids is 3. The Hall–Kier alpha value is -2.21. The van der Waals surface area contributed by atoms with Crippen molar-refractivity contribution in [1.82, 2.24) is 5.32 Å². The number of hydrogen-bond donors (Lipinski definition) is 2. The Morgan fingerprint density at radius 1 is 1.23 bits per heavy atom. The molecule has 1 rings (SSSR count). The summed E-state index contributed by atoms with van der Waals surface area (Å²) >= 11 is 0. The third-order valence-electron chi connectivity index (χ3n) is 3.34. The highest BCUT2D eigenvalue weighted by Crippen LogP contribution is 2.15. The molecular formula is C16H22N2O4. The van der Waals surface area contributed by atoms with Crippen LogP contribution in [0.4, 0.5) is 0 Å². The van der Waals surface area contributed by atoms with Crippen LogP contribution in [0.5, 0.6) is 5.75 Å². The molecule has 0 aliphatic rings. The summed E-state index contributed by atoms with van der Waals surface area (Å²) in [6.45, 7) is 4.87. The number of primary amides is 1. The summed E-state index contributed by atoms with van der Waals surface area (Å²) < 4.78 is 5.07. The predicted octanol–water partition coefficient (Wildman–Crippen LogP) is 0.935. The topological polar surface area (TPSA) is 98.5 Å². The molecule has 120 valence electrons. The van der Waals surface area contributed by atoms with E-state index in [9.17, 15) is 14.4 Å². The molecule has 0 bridgehead atoms. The largest absolute Gasteiger partial charge is 0.497 e. The lowest BCUT2D eigenvalue weighted by molar-refractivity contribution is -0.122. The number of amides is 1. The summed E-state index contributed by atoms with van der Waals surface area (Å²) in [5.41, 5.74) is 5.66. The van der Waals surface area contributed by atoms with Crippen LogP contribution in [-0.4, -0.2) is 36.7 Å². The molecule has 0 fully saturated rings. The van der Waals surface area contributed by atoms with Gasteiger partial charge >= 0.3 is 0 Å². The van der Waals surface area contributed by atoms with E-state index in [0.717, 1.165) is 0 Å². The third kappa shape index (κ3) is 4.39. The van der Waals surface area contributed by atoms with E-state index in [1.807, 2.05) is 0 Å². The highest BCUT2D eigenvalue weighted by atomic mass is 16.5. The Balaban J connectivity index is 3.06. The summed E-state index contributed by atoms with van der Waals surface area (Å²) in [6.07, 6.45) is 0. The van der Waals surface area contributed by atoms with Crippen molar-refractivity contribution in [1.29, 1.82) is 0 Å². The quantitative estimate of drug-likeness (QED) is 0.550. The predicted molar refractivity (Wildman–Crippen MR) is 82.7 cm³/mol. The van der Waals surface area contributed by atoms with Gasteiger partial charge in [0.2, 0.25) is 5.91 Å². The van der Waals surface area contributed by atoms with Crippen LogP contribution in [0.2, 0.25) is 0 Å². The smallest absolute Gasteiger partial charge is 0.234 e. The molecule has 22 heavy (non-hydrogen) atoms. The third-order valence-corrected chi connectivity index (χ3v) is 3.34. The van der Waals surface area contributed by atoms with Crippen molar-refractivity contribution in [2.24, 2.45) is 11.7 Å². The van der Waals surface area contributed by atoms with Crippen LogP contribution >= 0.6 is 0 Å². The number of benzene rings is 1. The van der Waals surface area contributed by atoms with Crippen molar-refractivity contribution in [3.63, 3.8) is 0 Å². The van der Waals surface area contributed by atoms with Gasteiger partial charge in [0.15, 0.2) is 11.6 Å². The maximum Gasteiger partial charge on any atom is 0.234 e. The fourth-order valence-electron chi connectivity index (χ4n) is 2.10. The average molecular weight is 306 g/mol. The van der Waals surface area contributed by atoms with Gasteiger partial charge < -0.3 is 10.5 Å². The minimum atomic E-state index is -1.12. The second-order valence-corrected chi connectivity index (χ2v) is 5.43. The van der Waals surface area contributed by atoms with Gasteiger partial charge in [-0.05, 0) is 25.0 Å². The van der Waals surface area contributed by atoms with Crippen LogP contribution in [0.1, 0.15) is 31.1 Å². The van der Waals surface area contributed by atoms with Gasteiger partial charge in [-0.2, -0.15) is 0 Å². The van der Waals surface area contributed by atoms with Crippen molar-refractivity contribution < 1.29 is 19.1 Å². The highest BCUT2D eigenvalue weighted by molar-refractivity contribution is 6.14. The molecule has 0 heterocycles. The van der Waals surface area contributed by atoms with Gasteiger partial charge in [-0.3, -0.25) is 19.7 Å². The highest BCUT2D eigenvalue weighted by Gasteiger charge is 2.30. The molecule has 1 aromatic carbocycles. The van der Waals surface area contributed by atoms with E-state index >= 15 is 0 Å². The van der Waals surface area contributed by atoms with Gasteiger partial charge in [0.05, 0.1) is 13.2 Å². The summed E-state index contributed by atoms with van der Waals surface area (Å²) in [6, 6.07) is 4.63. The number of methoxy groups -OCH3 is 1. The zero-order valence-electron chi connectivity index (χ0n) is 13.3. The molecule has 0 saturated carbocycles. The first-order valence-electron chi connectivity index (χ1n) is 7.02. The first-order valence-corrected chi connectivity index (χ1v) is 7.02. The lowest BCUT2D eigenvalue weighted by Crippen LogP contribution is -2.54. The maximum atomic E-state index is 12.5. The monoisotopic (exact) mass is 306 g/mol. The lowest BCUT2D eigenvalue weighted by atomic mass is 9.97. The number of carbonyl (C=O) groups is 3. The van der Waals surface area contributed by atoms with Gasteiger partial charge in [0.25, 0.3) is 0 Å². The molecule has 0 aromatic heterocycles. The first kappa shape index (κ1) is 17.8. The van der Waals surface area contributed by atoms with Crippen LogP contribution in [0, 0.1) is 5.92 Å². The molecule has 1 aromatic rings. The van der Waals surface area contributed by atoms with Gasteiger partial charge in [-0.1, -0.05) is 26.0 Å². The molecule has 2 atom stereocenters. The van der Waals surface area contributed by atoms with Crippen LogP contribution in [0.25, 0.3) is 0 Å². The maximum absolute atomic E-state index is 12.5. The van der Waals surface area contributed by atoms with E-state index in [-0.39, 0.29) is 11.7 Å². The number of hydrogen-bond acceptors (Lipinski definition) is 5. The van der Waals surface area contributed by atoms with Crippen LogP contribution in [0.3, 0.4) is 0 Å². The molecule has 1 amide bonds. The van der Waals surface area contributed by atoms with Crippen molar-refractivity contribution in [2.75, 3.05) is 7.11 Å². The van der Waals surface area contributed by atoms with Crippen molar-refractivity contribution in [2.45, 2.75) is 32.9 Å². The molecule has 3 N–H and O–H groups in total. The number of ketones is 2. The second-order valence-electron chi connectivity index (χ2n) is 5.43. The summed E-state index contributed by atoms with van der Waals surface area (Å²) in [5, 5.41) is 2.77. The number of nitrogens with two attached hydrogens (primary N) is 1. The molecule has 0 spiro atoms. The van der Waals surface area contributed by atoms with Crippen molar-refractivity contribution in [3.8, 4) is 5.75 Å². The van der Waals surface area contributed by atoms with E-state index in [1.165, 1.54) is 14.0 Å². The molecule has 6 nitrogen and oxygen atoms in total. The van der Waals surface area contributed by atoms with Gasteiger partial charge in [-0.25, -0.2) is 0 Å². The van der Waals surface area contributed by atoms with Gasteiger partial charge in [-0.15, -0.1) is 0 Å². The molecule has 0 aliphatic carbocycles. The number of ether oxygens (including phenoxy) is 1. The number of rotatable bonds is 8. The minimum absolute atomic E-state index is 0.141. The molecule has 6 heteroatoms. The zero-order valence-corrected chi connectivity index (χ0v) is 13.3. The molecule has 0 aliphatic heterocycles. The molecule has 0 radical (unpaired) electrons. The van der Waals surface area contributed by atoms with Crippen molar-refractivity contribution in [3.05, 3.63) is 29.8 Å². The normalized spacial score (nSPS) is 13.5. The average Bonchev–Trinajstić information content (AvgIpc) is 2.46. The SMILES string of the molecule is COc1cccc(C(=O)[C@H](N[C@@H](C(N)=O)C(C)C)C(C)=O)c1. The Labute approximate surface area is 130 Å². The van der Waals surface area contributed by atoms with Gasteiger partial charge in [0.1, 0.15) is 11.8 Å². The fraction of sp³-hybridized carbons (Fsp3) is 0.438. The van der Waals surface area contributed by atoms with Crippen LogP contribution < -0.4 is 15.8 Å². The van der Waals surface area contributed by atoms with Crippen LogP contribution in [0.15, 0.2) is 24.3 Å². The molecular weight excluding hydrogens is 284 g/mol. The number of nitrogens with one attached hydrogen (secondary N) is 1. The standard InChI is InChI=1S/C16H22N2O4/c1-9(2)13(16(17)21)18-14(10(3)19)15(20)11-6-5-7-12(8-11)22-4/h5-9,13-14,18H,1-4H3,(H2,17,21)/t13-,14-/m1/s1. The zero-order chi connectivity index (χ0) is 16.9. The van der Waals surface area contributed by atoms with E-state index in [0.29, 0.717) is 11.3 Å². The molecule has 0 saturated heterocycles. The Bertz CT molecular complexity index is 569. The minimum Gasteiger partial charge on any atom is -0.497 e.